The Balaban J connectivity index is 2.53. The second-order valence-corrected chi connectivity index (χ2v) is 8.37. The number of hydrogen-bond donors (Lipinski definition) is 1. The van der Waals surface area contributed by atoms with Crippen molar-refractivity contribution in [2.45, 2.75) is 31.3 Å². The van der Waals surface area contributed by atoms with Crippen LogP contribution >= 0.6 is 11.3 Å². The second-order valence-electron chi connectivity index (χ2n) is 4.71. The normalized spacial score (nSPS) is 14.7. The van der Waals surface area contributed by atoms with Gasteiger partial charge in [-0.3, -0.25) is 10.1 Å². The Labute approximate surface area is 130 Å². The molecule has 0 saturated carbocycles. The summed E-state index contributed by atoms with van der Waals surface area (Å²) < 4.78 is 50.6. The fourth-order valence-electron chi connectivity index (χ4n) is 1.65. The third-order valence-electron chi connectivity index (χ3n) is 3.18. The topological polar surface area (TPSA) is 68.9 Å². The highest BCUT2D eigenvalue weighted by Crippen LogP contribution is 2.27. The van der Waals surface area contributed by atoms with Gasteiger partial charge in [-0.2, -0.15) is 13.2 Å². The fourth-order valence-corrected chi connectivity index (χ4v) is 4.54. The molecule has 0 aliphatic carbocycles. The zero-order valence-corrected chi connectivity index (χ0v) is 13.7. The number of pyridine rings is 1. The van der Waals surface area contributed by atoms with Crippen molar-refractivity contribution in [2.24, 2.45) is 5.14 Å². The number of nitrogens with zero attached hydrogens (tertiary/aromatic N) is 2. The lowest BCUT2D eigenvalue weighted by atomic mass is 10.2. The Morgan fingerprint density at radius 3 is 2.36 bits per heavy atom. The molecule has 120 valence electrons. The van der Waals surface area contributed by atoms with Gasteiger partial charge in [0.25, 0.3) is 0 Å². The summed E-state index contributed by atoms with van der Waals surface area (Å²) in [7, 11) is -3.09. The number of hydrogen-bond acceptors (Lipinski definition) is 4. The molecule has 0 aliphatic heterocycles. The van der Waals surface area contributed by atoms with Gasteiger partial charge in [-0.1, -0.05) is 6.07 Å². The largest absolute Gasteiger partial charge is 0.433 e. The number of aryl methyl sites for hydroxylation is 2. The first-order chi connectivity index (χ1) is 10.0. The number of thiazole rings is 1. The van der Waals surface area contributed by atoms with E-state index in [2.05, 4.69) is 9.97 Å². The summed E-state index contributed by atoms with van der Waals surface area (Å²) in [5.41, 5.74) is 0.0241. The van der Waals surface area contributed by atoms with Gasteiger partial charge in [0, 0.05) is 21.5 Å². The van der Waals surface area contributed by atoms with Crippen molar-refractivity contribution in [1.82, 2.24) is 9.97 Å². The van der Waals surface area contributed by atoms with Crippen LogP contribution in [0.15, 0.2) is 22.7 Å². The molecule has 0 radical (unpaired) electrons. The van der Waals surface area contributed by atoms with Crippen LogP contribution in [0.4, 0.5) is 13.2 Å². The summed E-state index contributed by atoms with van der Waals surface area (Å²) in [6.07, 6.45) is -3.49. The molecule has 0 amide bonds. The molecular formula is C13H14F3N3OS2. The maximum atomic E-state index is 12.8. The van der Waals surface area contributed by atoms with Crippen molar-refractivity contribution in [3.05, 3.63) is 40.2 Å². The zero-order valence-electron chi connectivity index (χ0n) is 12.1. The predicted octanol–water partition coefficient (Wildman–Crippen LogP) is 2.93. The Bertz CT molecular complexity index is 797. The number of aromatic nitrogens is 2. The molecule has 0 aliphatic rings. The average molecular weight is 349 g/mol. The van der Waals surface area contributed by atoms with Crippen LogP contribution in [-0.2, 0) is 15.9 Å². The maximum absolute atomic E-state index is 12.8. The first-order valence-electron chi connectivity index (χ1n) is 6.16. The Hall–Kier alpha value is -1.45. The van der Waals surface area contributed by atoms with Gasteiger partial charge < -0.3 is 0 Å². The first-order valence-corrected chi connectivity index (χ1v) is 8.60. The van der Waals surface area contributed by atoms with Gasteiger partial charge in [-0.15, -0.1) is 11.3 Å². The van der Waals surface area contributed by atoms with Crippen molar-refractivity contribution in [2.75, 3.05) is 0 Å². The number of rotatable bonds is 2. The molecule has 0 fully saturated rings. The molecule has 0 aromatic carbocycles. The van der Waals surface area contributed by atoms with Gasteiger partial charge in [-0.25, -0.2) is 9.19 Å². The summed E-state index contributed by atoms with van der Waals surface area (Å²) in [6, 6.07) is 2.05. The molecule has 4 nitrogen and oxygen atoms in total. The van der Waals surface area contributed by atoms with Crippen LogP contribution in [0.3, 0.4) is 0 Å². The van der Waals surface area contributed by atoms with Crippen molar-refractivity contribution in [1.29, 1.82) is 0 Å². The summed E-state index contributed by atoms with van der Waals surface area (Å²) in [6.45, 7) is 5.12. The molecule has 0 spiro atoms. The van der Waals surface area contributed by atoms with E-state index in [0.29, 0.717) is 5.56 Å². The molecule has 1 unspecified atom stereocenters. The van der Waals surface area contributed by atoms with E-state index in [9.17, 15) is 17.4 Å². The van der Waals surface area contributed by atoms with Gasteiger partial charge >= 0.3 is 6.18 Å². The monoisotopic (exact) mass is 349 g/mol. The van der Waals surface area contributed by atoms with E-state index in [1.165, 1.54) is 24.3 Å². The summed E-state index contributed by atoms with van der Waals surface area (Å²) in [5, 5.41) is 5.91. The molecule has 2 aromatic rings. The Kier molecular flexibility index (Phi) is 4.33. The lowest BCUT2D eigenvalue weighted by molar-refractivity contribution is -0.141. The summed E-state index contributed by atoms with van der Waals surface area (Å²) >= 11 is 1.22. The third-order valence-corrected chi connectivity index (χ3v) is 6.80. The van der Waals surface area contributed by atoms with Crippen molar-refractivity contribution in [3.8, 4) is 0 Å². The van der Waals surface area contributed by atoms with Crippen LogP contribution in [0.1, 0.15) is 28.8 Å². The van der Waals surface area contributed by atoms with E-state index in [0.717, 1.165) is 22.8 Å². The van der Waals surface area contributed by atoms with E-state index in [-0.39, 0.29) is 9.20 Å². The van der Waals surface area contributed by atoms with Gasteiger partial charge in [0.05, 0.1) is 15.4 Å². The zero-order chi connectivity index (χ0) is 16.7. The van der Waals surface area contributed by atoms with E-state index >= 15 is 0 Å². The number of halogens is 3. The molecule has 22 heavy (non-hydrogen) atoms. The Morgan fingerprint density at radius 2 is 1.95 bits per heavy atom. The van der Waals surface area contributed by atoms with Crippen LogP contribution in [0.25, 0.3) is 0 Å². The van der Waals surface area contributed by atoms with E-state index in [4.69, 9.17) is 5.14 Å². The van der Waals surface area contributed by atoms with E-state index < -0.39 is 21.6 Å². The minimum absolute atomic E-state index is 0.252. The van der Waals surface area contributed by atoms with Gasteiger partial charge in [0.1, 0.15) is 5.69 Å². The Morgan fingerprint density at radius 1 is 1.32 bits per heavy atom. The fraction of sp³-hybridized carbons (Fsp3) is 0.308. The van der Waals surface area contributed by atoms with E-state index in [1.54, 1.807) is 6.92 Å². The van der Waals surface area contributed by atoms with Crippen LogP contribution < -0.4 is 5.14 Å². The molecule has 0 saturated heterocycles. The van der Waals surface area contributed by atoms with Gasteiger partial charge in [0.15, 0.2) is 4.34 Å². The molecule has 1 atom stereocenters. The highest BCUT2D eigenvalue weighted by Gasteiger charge is 2.32. The standard InChI is InChI=1S/C13H14F3N3OS2/c1-7-8(2)21-12(19-7)22(17,20)9(3)10-4-5-11(18-6-10)13(14,15)16/h4-6H,1-3H3,(H2,17,20). The molecule has 2 heterocycles. The van der Waals surface area contributed by atoms with E-state index in [1.807, 2.05) is 6.92 Å². The van der Waals surface area contributed by atoms with Crippen molar-refractivity contribution < 1.29 is 17.4 Å². The number of alkyl halides is 3. The van der Waals surface area contributed by atoms with Crippen LogP contribution in [0.2, 0.25) is 0 Å². The first kappa shape index (κ1) is 16.9. The third kappa shape index (κ3) is 3.16. The highest BCUT2D eigenvalue weighted by atomic mass is 32.2. The summed E-state index contributed by atoms with van der Waals surface area (Å²) in [5.74, 6) is 0. The van der Waals surface area contributed by atoms with Crippen molar-refractivity contribution in [3.63, 3.8) is 0 Å². The SMILES string of the molecule is CC(c1ccc(C(F)(F)F)nc1)=S(N)(=O)c1nc(C)c(C)s1. The quantitative estimate of drug-likeness (QED) is 0.669. The minimum Gasteiger partial charge on any atom is -0.253 e. The van der Waals surface area contributed by atoms with Crippen LogP contribution in [0.5, 0.6) is 0 Å². The highest BCUT2D eigenvalue weighted by molar-refractivity contribution is 8.02. The smallest absolute Gasteiger partial charge is 0.253 e. The number of nitrogens with two attached hydrogens (primary N) is 1. The van der Waals surface area contributed by atoms with Crippen molar-refractivity contribution >= 4 is 25.9 Å². The molecule has 2 aromatic heterocycles. The average Bonchev–Trinajstić information content (AvgIpc) is 2.78. The lowest BCUT2D eigenvalue weighted by Crippen LogP contribution is -2.22. The summed E-state index contributed by atoms with van der Waals surface area (Å²) in [4.78, 5) is 8.69. The molecule has 2 rings (SSSR count). The molecule has 0 bridgehead atoms. The van der Waals surface area contributed by atoms with Gasteiger partial charge in [-0.05, 0) is 26.8 Å². The predicted molar refractivity (Wildman–Crippen MR) is 81.2 cm³/mol. The maximum Gasteiger partial charge on any atom is 0.433 e. The molecule has 2 N–H and O–H groups in total. The van der Waals surface area contributed by atoms with Crippen LogP contribution in [-0.4, -0.2) is 19.0 Å². The van der Waals surface area contributed by atoms with Crippen LogP contribution in [0, 0.1) is 13.8 Å². The molecular weight excluding hydrogens is 335 g/mol. The lowest BCUT2D eigenvalue weighted by Gasteiger charge is -2.09. The minimum atomic E-state index is -4.51. The second kappa shape index (κ2) is 5.64. The van der Waals surface area contributed by atoms with Gasteiger partial charge in [0.2, 0.25) is 0 Å². The molecule has 9 heteroatoms.